The van der Waals surface area contributed by atoms with Gasteiger partial charge in [0.05, 0.1) is 18.3 Å². The van der Waals surface area contributed by atoms with Crippen LogP contribution in [-0.2, 0) is 4.79 Å². The minimum atomic E-state index is -0.485. The van der Waals surface area contributed by atoms with Crippen LogP contribution in [0.25, 0.3) is 0 Å². The molecule has 1 aliphatic heterocycles. The average molecular weight is 486 g/mol. The van der Waals surface area contributed by atoms with Gasteiger partial charge in [0.2, 0.25) is 5.91 Å². The van der Waals surface area contributed by atoms with E-state index in [-0.39, 0.29) is 11.8 Å². The largest absolute Gasteiger partial charge is 0.497 e. The summed E-state index contributed by atoms with van der Waals surface area (Å²) in [5, 5.41) is 3.46. The van der Waals surface area contributed by atoms with Crippen molar-refractivity contribution < 1.29 is 14.3 Å². The van der Waals surface area contributed by atoms with E-state index in [1.54, 1.807) is 34.4 Å². The molecule has 2 aliphatic rings. The molecule has 8 heteroatoms. The van der Waals surface area contributed by atoms with Crippen LogP contribution in [0, 0.1) is 12.8 Å². The Morgan fingerprint density at radius 3 is 2.85 bits per heavy atom. The molecule has 4 rings (SSSR count). The Kier molecular flexibility index (Phi) is 7.20. The highest BCUT2D eigenvalue weighted by molar-refractivity contribution is 7.09. The number of methoxy groups -OCH3 is 1. The smallest absolute Gasteiger partial charge is 0.254 e. The molecule has 6 nitrogen and oxygen atoms in total. The molecule has 0 bridgehead atoms. The Morgan fingerprint density at radius 1 is 1.33 bits per heavy atom. The molecular weight excluding hydrogens is 458 g/mol. The molecule has 1 aliphatic carbocycles. The van der Waals surface area contributed by atoms with Gasteiger partial charge in [0, 0.05) is 34.5 Å². The maximum absolute atomic E-state index is 13.1. The first-order valence-corrected chi connectivity index (χ1v) is 12.3. The van der Waals surface area contributed by atoms with E-state index in [0.717, 1.165) is 17.7 Å². The minimum absolute atomic E-state index is 0.128. The van der Waals surface area contributed by atoms with Crippen molar-refractivity contribution in [1.82, 2.24) is 15.2 Å². The number of carbonyl (C=O) groups excluding carboxylic acids is 2. The second kappa shape index (κ2) is 10.1. The molecule has 1 saturated heterocycles. The molecule has 3 unspecified atom stereocenters. The standard InChI is InChI=1S/C25H28ClN3O3S/c1-15-9-17(6-7-21(15)23-16(2)28-14-33-23)13-27-24(30)22-5-4-8-29(22)25(31)18-10-19(26)12-20(11-18)32-3/h6-7,9-12,14-15,21-22H,4-5,8,13H2,1-3H3,(H,27,30). The Hall–Kier alpha value is -2.64. The predicted molar refractivity (Wildman–Crippen MR) is 131 cm³/mol. The molecule has 1 aromatic carbocycles. The summed E-state index contributed by atoms with van der Waals surface area (Å²) in [7, 11) is 1.53. The van der Waals surface area contributed by atoms with Gasteiger partial charge >= 0.3 is 0 Å². The van der Waals surface area contributed by atoms with E-state index in [1.165, 1.54) is 12.0 Å². The van der Waals surface area contributed by atoms with Crippen molar-refractivity contribution in [3.05, 3.63) is 68.7 Å². The molecule has 2 aromatic rings. The lowest BCUT2D eigenvalue weighted by atomic mass is 9.85. The van der Waals surface area contributed by atoms with E-state index >= 15 is 0 Å². The zero-order chi connectivity index (χ0) is 23.5. The van der Waals surface area contributed by atoms with Crippen LogP contribution in [0.15, 0.2) is 47.5 Å². The normalized spacial score (nSPS) is 22.2. The number of carbonyl (C=O) groups is 2. The fraction of sp³-hybridized carbons (Fsp3) is 0.400. The zero-order valence-corrected chi connectivity index (χ0v) is 20.6. The Labute approximate surface area is 203 Å². The zero-order valence-electron chi connectivity index (χ0n) is 19.0. The number of hydrogen-bond acceptors (Lipinski definition) is 5. The minimum Gasteiger partial charge on any atom is -0.497 e. The molecule has 1 fully saturated rings. The van der Waals surface area contributed by atoms with Crippen molar-refractivity contribution in [2.45, 2.75) is 38.6 Å². The van der Waals surface area contributed by atoms with Gasteiger partial charge in [0.25, 0.3) is 5.91 Å². The molecule has 1 N–H and O–H groups in total. The fourth-order valence-electron chi connectivity index (χ4n) is 4.53. The molecule has 0 radical (unpaired) electrons. The lowest BCUT2D eigenvalue weighted by molar-refractivity contribution is -0.124. The number of benzene rings is 1. The quantitative estimate of drug-likeness (QED) is 0.640. The first kappa shape index (κ1) is 23.5. The molecule has 174 valence electrons. The number of likely N-dealkylation sites (tertiary alicyclic amines) is 1. The maximum atomic E-state index is 13.1. The van der Waals surface area contributed by atoms with Crippen LogP contribution >= 0.6 is 22.9 Å². The summed E-state index contributed by atoms with van der Waals surface area (Å²) in [4.78, 5) is 33.4. The number of aryl methyl sites for hydroxylation is 1. The number of thiazole rings is 1. The molecule has 2 heterocycles. The summed E-state index contributed by atoms with van der Waals surface area (Å²) in [6.07, 6.45) is 7.93. The van der Waals surface area contributed by atoms with E-state index in [2.05, 4.69) is 35.5 Å². The van der Waals surface area contributed by atoms with Gasteiger partial charge in [-0.15, -0.1) is 11.3 Å². The predicted octanol–water partition coefficient (Wildman–Crippen LogP) is 4.75. The van der Waals surface area contributed by atoms with Crippen LogP contribution in [0.2, 0.25) is 5.02 Å². The third-order valence-electron chi connectivity index (χ3n) is 6.28. The van der Waals surface area contributed by atoms with Crippen LogP contribution in [0.4, 0.5) is 0 Å². The SMILES string of the molecule is COc1cc(Cl)cc(C(=O)N2CCCC2C(=O)NCC2=CC(C)C(c3scnc3C)C=C2)c1. The van der Waals surface area contributed by atoms with Crippen molar-refractivity contribution >= 4 is 34.8 Å². The molecule has 0 saturated carbocycles. The number of ether oxygens (including phenoxy) is 1. The Balaban J connectivity index is 1.38. The maximum Gasteiger partial charge on any atom is 0.254 e. The highest BCUT2D eigenvalue weighted by Gasteiger charge is 2.35. The van der Waals surface area contributed by atoms with E-state index in [1.807, 2.05) is 12.4 Å². The highest BCUT2D eigenvalue weighted by Crippen LogP contribution is 2.35. The molecule has 0 spiro atoms. The molecule has 2 amide bonds. The van der Waals surface area contributed by atoms with Gasteiger partial charge in [-0.1, -0.05) is 36.8 Å². The summed E-state index contributed by atoms with van der Waals surface area (Å²) < 4.78 is 5.22. The Morgan fingerprint density at radius 2 is 2.15 bits per heavy atom. The van der Waals surface area contributed by atoms with Gasteiger partial charge in [-0.3, -0.25) is 9.59 Å². The lowest BCUT2D eigenvalue weighted by Gasteiger charge is -2.25. The molecular formula is C25H28ClN3O3S. The van der Waals surface area contributed by atoms with Gasteiger partial charge in [-0.05, 0) is 49.5 Å². The number of allylic oxidation sites excluding steroid dienone is 2. The van der Waals surface area contributed by atoms with Crippen molar-refractivity contribution in [3.63, 3.8) is 0 Å². The number of nitrogens with one attached hydrogen (secondary N) is 1. The topological polar surface area (TPSA) is 71.5 Å². The first-order valence-electron chi connectivity index (χ1n) is 11.1. The number of amides is 2. The first-order chi connectivity index (χ1) is 15.9. The van der Waals surface area contributed by atoms with Crippen LogP contribution in [-0.4, -0.2) is 47.9 Å². The highest BCUT2D eigenvalue weighted by atomic mass is 35.5. The number of halogens is 1. The fourth-order valence-corrected chi connectivity index (χ4v) is 5.76. The average Bonchev–Trinajstić information content (AvgIpc) is 3.46. The van der Waals surface area contributed by atoms with Crippen molar-refractivity contribution in [1.29, 1.82) is 0 Å². The van der Waals surface area contributed by atoms with Gasteiger partial charge in [0.15, 0.2) is 0 Å². The van der Waals surface area contributed by atoms with Crippen molar-refractivity contribution in [2.24, 2.45) is 5.92 Å². The number of aromatic nitrogens is 1. The monoisotopic (exact) mass is 485 g/mol. The summed E-state index contributed by atoms with van der Waals surface area (Å²) in [5.74, 6) is 0.819. The summed E-state index contributed by atoms with van der Waals surface area (Å²) in [6, 6.07) is 4.43. The molecule has 3 atom stereocenters. The second-order valence-electron chi connectivity index (χ2n) is 8.54. The van der Waals surface area contributed by atoms with Crippen LogP contribution in [0.5, 0.6) is 5.75 Å². The third kappa shape index (κ3) is 5.14. The third-order valence-corrected chi connectivity index (χ3v) is 7.53. The van der Waals surface area contributed by atoms with Gasteiger partial charge in [0.1, 0.15) is 11.8 Å². The second-order valence-corrected chi connectivity index (χ2v) is 9.86. The molecule has 33 heavy (non-hydrogen) atoms. The van der Waals surface area contributed by atoms with Gasteiger partial charge < -0.3 is 15.0 Å². The van der Waals surface area contributed by atoms with E-state index in [9.17, 15) is 9.59 Å². The summed E-state index contributed by atoms with van der Waals surface area (Å²) in [5.41, 5.74) is 4.47. The van der Waals surface area contributed by atoms with Crippen molar-refractivity contribution in [3.8, 4) is 5.75 Å². The number of hydrogen-bond donors (Lipinski definition) is 1. The van der Waals surface area contributed by atoms with Crippen LogP contribution in [0.1, 0.15) is 46.6 Å². The van der Waals surface area contributed by atoms with E-state index < -0.39 is 6.04 Å². The van der Waals surface area contributed by atoms with Gasteiger partial charge in [-0.25, -0.2) is 4.98 Å². The number of rotatable bonds is 6. The lowest BCUT2D eigenvalue weighted by Crippen LogP contribution is -2.46. The number of nitrogens with zero attached hydrogens (tertiary/aromatic N) is 2. The van der Waals surface area contributed by atoms with Gasteiger partial charge in [-0.2, -0.15) is 0 Å². The Bertz CT molecular complexity index is 1110. The van der Waals surface area contributed by atoms with E-state index in [0.29, 0.717) is 47.7 Å². The van der Waals surface area contributed by atoms with E-state index in [4.69, 9.17) is 16.3 Å². The molecule has 1 aromatic heterocycles. The van der Waals surface area contributed by atoms with Crippen LogP contribution < -0.4 is 10.1 Å². The summed E-state index contributed by atoms with van der Waals surface area (Å²) in [6.45, 7) is 5.21. The van der Waals surface area contributed by atoms with Crippen LogP contribution in [0.3, 0.4) is 0 Å². The van der Waals surface area contributed by atoms with Crippen molar-refractivity contribution in [2.75, 3.05) is 20.2 Å². The summed E-state index contributed by atoms with van der Waals surface area (Å²) >= 11 is 7.82.